The van der Waals surface area contributed by atoms with Crippen LogP contribution in [0.15, 0.2) is 73.1 Å². The van der Waals surface area contributed by atoms with Crippen molar-refractivity contribution in [1.29, 1.82) is 0 Å². The Balaban J connectivity index is 1.51. The van der Waals surface area contributed by atoms with E-state index in [0.29, 0.717) is 12.2 Å². The molecule has 1 amide bonds. The van der Waals surface area contributed by atoms with Crippen LogP contribution in [0.2, 0.25) is 0 Å². The number of aromatic nitrogens is 1. The minimum Gasteiger partial charge on any atom is -0.482 e. The molecule has 1 aliphatic carbocycles. The second-order valence-electron chi connectivity index (χ2n) is 7.91. The number of carbonyl (C=O) groups is 2. The quantitative estimate of drug-likeness (QED) is 0.537. The fourth-order valence-electron chi connectivity index (χ4n) is 4.40. The number of aliphatic carboxylic acids is 1. The van der Waals surface area contributed by atoms with Gasteiger partial charge in [0.1, 0.15) is 5.75 Å². The van der Waals surface area contributed by atoms with Crippen molar-refractivity contribution in [2.75, 3.05) is 11.5 Å². The largest absolute Gasteiger partial charge is 0.482 e. The van der Waals surface area contributed by atoms with E-state index in [9.17, 15) is 9.59 Å². The van der Waals surface area contributed by atoms with Crippen LogP contribution in [-0.2, 0) is 16.0 Å². The third-order valence-corrected chi connectivity index (χ3v) is 5.81. The van der Waals surface area contributed by atoms with Crippen LogP contribution in [0.4, 0.5) is 11.4 Å². The van der Waals surface area contributed by atoms with Crippen molar-refractivity contribution in [2.24, 2.45) is 0 Å². The minimum absolute atomic E-state index is 0.0228. The summed E-state index contributed by atoms with van der Waals surface area (Å²) in [6.07, 6.45) is 7.37. The van der Waals surface area contributed by atoms with Crippen molar-refractivity contribution in [3.63, 3.8) is 0 Å². The predicted octanol–water partition coefficient (Wildman–Crippen LogP) is 5.11. The van der Waals surface area contributed by atoms with E-state index in [4.69, 9.17) is 9.84 Å². The number of amides is 1. The van der Waals surface area contributed by atoms with Crippen LogP contribution >= 0.6 is 0 Å². The lowest BCUT2D eigenvalue weighted by Crippen LogP contribution is -2.26. The summed E-state index contributed by atoms with van der Waals surface area (Å²) < 4.78 is 5.51. The highest BCUT2D eigenvalue weighted by molar-refractivity contribution is 6.00. The number of nitrogens with zero attached hydrogens (tertiary/aromatic N) is 2. The van der Waals surface area contributed by atoms with Gasteiger partial charge in [-0.15, -0.1) is 0 Å². The Bertz CT molecular complexity index is 1030. The topological polar surface area (TPSA) is 79.7 Å². The molecular formula is C26H26N2O4. The van der Waals surface area contributed by atoms with Gasteiger partial charge in [0.05, 0.1) is 11.9 Å². The zero-order chi connectivity index (χ0) is 22.3. The van der Waals surface area contributed by atoms with Gasteiger partial charge >= 0.3 is 5.97 Å². The highest BCUT2D eigenvalue weighted by atomic mass is 16.5. The summed E-state index contributed by atoms with van der Waals surface area (Å²) in [4.78, 5) is 30.2. The van der Waals surface area contributed by atoms with Gasteiger partial charge in [-0.05, 0) is 73.1 Å². The first-order valence-corrected chi connectivity index (χ1v) is 10.9. The molecular weight excluding hydrogens is 404 g/mol. The highest BCUT2D eigenvalue weighted by Crippen LogP contribution is 2.39. The molecule has 0 spiro atoms. The first-order chi connectivity index (χ1) is 15.6. The molecule has 4 rings (SSSR count). The number of para-hydroxylation sites is 1. The number of ether oxygens (including phenoxy) is 1. The van der Waals surface area contributed by atoms with Crippen molar-refractivity contribution < 1.29 is 19.4 Å². The molecule has 1 atom stereocenters. The van der Waals surface area contributed by atoms with Crippen molar-refractivity contribution in [3.8, 4) is 5.75 Å². The number of rotatable bonds is 8. The van der Waals surface area contributed by atoms with Crippen molar-refractivity contribution in [3.05, 3.63) is 84.2 Å². The third-order valence-electron chi connectivity index (χ3n) is 5.81. The van der Waals surface area contributed by atoms with Gasteiger partial charge < -0.3 is 9.84 Å². The lowest BCUT2D eigenvalue weighted by molar-refractivity contribution is -0.139. The number of benzene rings is 2. The fourth-order valence-corrected chi connectivity index (χ4v) is 4.40. The van der Waals surface area contributed by atoms with E-state index in [-0.39, 0.29) is 18.4 Å². The van der Waals surface area contributed by atoms with E-state index in [2.05, 4.69) is 11.1 Å². The minimum atomic E-state index is -0.989. The standard InChI is InChI=1S/C26H26N2O4/c29-25(28(20-8-2-1-3-9-20)21-10-6-16-27-17-21)15-14-19-7-4-12-23-22(19)11-5-13-24(23)32-18-26(30)31/h1-3,5-6,8-11,13,16-17,19H,4,7,12,14-15,18H2,(H,30,31). The van der Waals surface area contributed by atoms with Crippen LogP contribution in [0, 0.1) is 0 Å². The van der Waals surface area contributed by atoms with Crippen molar-refractivity contribution in [1.82, 2.24) is 4.98 Å². The van der Waals surface area contributed by atoms with Gasteiger partial charge in [0.15, 0.2) is 6.61 Å². The van der Waals surface area contributed by atoms with E-state index < -0.39 is 5.97 Å². The maximum Gasteiger partial charge on any atom is 0.341 e. The number of hydrogen-bond donors (Lipinski definition) is 1. The van der Waals surface area contributed by atoms with Crippen LogP contribution in [0.25, 0.3) is 0 Å². The van der Waals surface area contributed by atoms with E-state index >= 15 is 0 Å². The van der Waals surface area contributed by atoms with Crippen molar-refractivity contribution in [2.45, 2.75) is 38.0 Å². The second-order valence-corrected chi connectivity index (χ2v) is 7.91. The molecule has 6 nitrogen and oxygen atoms in total. The second kappa shape index (κ2) is 10.1. The Morgan fingerprint density at radius 2 is 1.84 bits per heavy atom. The van der Waals surface area contributed by atoms with E-state index in [0.717, 1.165) is 42.6 Å². The monoisotopic (exact) mass is 430 g/mol. The smallest absolute Gasteiger partial charge is 0.341 e. The van der Waals surface area contributed by atoms with Gasteiger partial charge in [0.25, 0.3) is 0 Å². The van der Waals surface area contributed by atoms with Gasteiger partial charge in [-0.25, -0.2) is 4.79 Å². The molecule has 1 heterocycles. The van der Waals surface area contributed by atoms with Gasteiger partial charge in [0.2, 0.25) is 5.91 Å². The molecule has 0 fully saturated rings. The molecule has 3 aromatic rings. The Morgan fingerprint density at radius 1 is 1.03 bits per heavy atom. The average molecular weight is 431 g/mol. The van der Waals surface area contributed by atoms with E-state index in [1.807, 2.05) is 54.6 Å². The molecule has 1 N–H and O–H groups in total. The first-order valence-electron chi connectivity index (χ1n) is 10.9. The molecule has 32 heavy (non-hydrogen) atoms. The third kappa shape index (κ3) is 4.97. The first kappa shape index (κ1) is 21.6. The molecule has 1 aliphatic rings. The number of carbonyl (C=O) groups excluding carboxylic acids is 1. The highest BCUT2D eigenvalue weighted by Gasteiger charge is 2.25. The molecule has 0 aliphatic heterocycles. The van der Waals surface area contributed by atoms with Gasteiger partial charge in [-0.3, -0.25) is 14.7 Å². The van der Waals surface area contributed by atoms with Crippen LogP contribution in [0.5, 0.6) is 5.75 Å². The average Bonchev–Trinajstić information content (AvgIpc) is 2.83. The molecule has 0 radical (unpaired) electrons. The maximum absolute atomic E-state index is 13.4. The molecule has 1 unspecified atom stereocenters. The molecule has 0 saturated carbocycles. The lowest BCUT2D eigenvalue weighted by Gasteiger charge is -2.28. The molecule has 1 aromatic heterocycles. The predicted molar refractivity (Wildman–Crippen MR) is 122 cm³/mol. The van der Waals surface area contributed by atoms with Crippen LogP contribution in [0.1, 0.15) is 42.7 Å². The molecule has 0 saturated heterocycles. The molecule has 2 aromatic carbocycles. The number of hydrogen-bond acceptors (Lipinski definition) is 4. The number of carboxylic acids is 1. The summed E-state index contributed by atoms with van der Waals surface area (Å²) in [7, 11) is 0. The zero-order valence-electron chi connectivity index (χ0n) is 17.8. The van der Waals surface area contributed by atoms with Crippen LogP contribution < -0.4 is 9.64 Å². The molecule has 0 bridgehead atoms. The van der Waals surface area contributed by atoms with Crippen LogP contribution in [-0.4, -0.2) is 28.6 Å². The summed E-state index contributed by atoms with van der Waals surface area (Å²) in [6, 6.07) is 19.1. The molecule has 164 valence electrons. The Hall–Kier alpha value is -3.67. The SMILES string of the molecule is O=C(O)COc1cccc2c1CCCC2CCC(=O)N(c1ccccc1)c1cccnc1. The van der Waals surface area contributed by atoms with Gasteiger partial charge in [0, 0.05) is 18.3 Å². The summed E-state index contributed by atoms with van der Waals surface area (Å²) >= 11 is 0. The lowest BCUT2D eigenvalue weighted by atomic mass is 9.80. The Kier molecular flexibility index (Phi) is 6.80. The summed E-state index contributed by atoms with van der Waals surface area (Å²) in [5.74, 6) is -0.0867. The summed E-state index contributed by atoms with van der Waals surface area (Å²) in [5, 5.41) is 8.94. The number of carboxylic acid groups (broad SMARTS) is 1. The molecule has 6 heteroatoms. The number of anilines is 2. The number of fused-ring (bicyclic) bond motifs is 1. The van der Waals surface area contributed by atoms with Crippen molar-refractivity contribution >= 4 is 23.3 Å². The van der Waals surface area contributed by atoms with Gasteiger partial charge in [-0.1, -0.05) is 30.3 Å². The van der Waals surface area contributed by atoms with Crippen LogP contribution in [0.3, 0.4) is 0 Å². The Labute approximate surface area is 187 Å². The van der Waals surface area contributed by atoms with Gasteiger partial charge in [-0.2, -0.15) is 0 Å². The summed E-state index contributed by atoms with van der Waals surface area (Å²) in [6.45, 7) is -0.350. The number of pyridine rings is 1. The zero-order valence-corrected chi connectivity index (χ0v) is 17.8. The summed E-state index contributed by atoms with van der Waals surface area (Å²) in [5.41, 5.74) is 3.81. The maximum atomic E-state index is 13.4. The van der Waals surface area contributed by atoms with E-state index in [1.165, 1.54) is 5.56 Å². The van der Waals surface area contributed by atoms with E-state index in [1.54, 1.807) is 17.3 Å². The normalized spacial score (nSPS) is 14.9. The Morgan fingerprint density at radius 3 is 2.59 bits per heavy atom. The fraction of sp³-hybridized carbons (Fsp3) is 0.269.